The monoisotopic (exact) mass is 495 g/mol. The van der Waals surface area contributed by atoms with E-state index in [0.29, 0.717) is 17.0 Å². The fourth-order valence-electron chi connectivity index (χ4n) is 4.78. The molecule has 0 spiro atoms. The maximum Gasteiger partial charge on any atom is 0.269 e. The number of rotatable bonds is 5. The van der Waals surface area contributed by atoms with E-state index < -0.39 is 6.98 Å². The van der Waals surface area contributed by atoms with E-state index in [9.17, 15) is 0 Å². The highest BCUT2D eigenvalue weighted by atomic mass is 16.5. The van der Waals surface area contributed by atoms with Crippen LogP contribution in [-0.4, -0.2) is 9.13 Å². The highest BCUT2D eigenvalue weighted by Gasteiger charge is 2.13. The third-order valence-corrected chi connectivity index (χ3v) is 6.53. The van der Waals surface area contributed by atoms with Gasteiger partial charge in [-0.25, -0.2) is 0 Å². The normalized spacial score (nSPS) is 12.8. The van der Waals surface area contributed by atoms with Gasteiger partial charge in [0.25, 0.3) is 6.33 Å². The maximum atomic E-state index is 7.93. The standard InChI is InChI=1S/C33H24N4O/c1-34-23-35(31-18-6-5-17-30(31)34)26-13-9-15-28(21-26)38-29-16-10-14-27(22-29)37-24-36(25-11-3-2-4-12-25)32-19-7-8-20-33(32)37/h2-22H,1H3/i1D3. The van der Waals surface area contributed by atoms with Crippen LogP contribution in [0.15, 0.2) is 127 Å². The molecule has 38 heavy (non-hydrogen) atoms. The summed E-state index contributed by atoms with van der Waals surface area (Å²) in [6.07, 6.45) is 6.50. The molecule has 7 aromatic rings. The van der Waals surface area contributed by atoms with Crippen LogP contribution in [0.3, 0.4) is 0 Å². The Kier molecular flexibility index (Phi) is 4.53. The summed E-state index contributed by atoms with van der Waals surface area (Å²) < 4.78 is 37.1. The van der Waals surface area contributed by atoms with Gasteiger partial charge in [0.05, 0.1) is 50.2 Å². The molecule has 182 valence electrons. The number of para-hydroxylation sites is 5. The summed E-state index contributed by atoms with van der Waals surface area (Å²) in [5.41, 5.74) is 6.06. The molecule has 0 bridgehead atoms. The van der Waals surface area contributed by atoms with Crippen LogP contribution in [0.5, 0.6) is 11.5 Å². The predicted octanol–water partition coefficient (Wildman–Crippen LogP) is 6.07. The molecular weight excluding hydrogens is 468 g/mol. The highest BCUT2D eigenvalue weighted by Crippen LogP contribution is 2.28. The third kappa shape index (κ3) is 3.82. The number of hydrogen-bond acceptors (Lipinski definition) is 1. The zero-order chi connectivity index (χ0) is 28.0. The van der Waals surface area contributed by atoms with Gasteiger partial charge in [0.2, 0.25) is 6.33 Å². The summed E-state index contributed by atoms with van der Waals surface area (Å²) in [5, 5.41) is 0. The van der Waals surface area contributed by atoms with Crippen molar-refractivity contribution >= 4 is 22.1 Å². The number of nitrogens with zero attached hydrogens (tertiary/aromatic N) is 4. The number of imidazole rings is 2. The summed E-state index contributed by atoms with van der Waals surface area (Å²) in [7, 11) is 0. The Labute approximate surface area is 224 Å². The second-order valence-corrected chi connectivity index (χ2v) is 8.95. The van der Waals surface area contributed by atoms with Gasteiger partial charge in [-0.2, -0.15) is 0 Å². The first kappa shape index (κ1) is 19.0. The van der Waals surface area contributed by atoms with E-state index in [1.807, 2.05) is 102 Å². The average molecular weight is 496 g/mol. The highest BCUT2D eigenvalue weighted by molar-refractivity contribution is 5.75. The van der Waals surface area contributed by atoms with Crippen LogP contribution in [0.4, 0.5) is 0 Å². The minimum absolute atomic E-state index is 0.578. The van der Waals surface area contributed by atoms with Crippen LogP contribution < -0.4 is 13.9 Å². The maximum absolute atomic E-state index is 7.93. The summed E-state index contributed by atoms with van der Waals surface area (Å²) in [4.78, 5) is 0. The number of aryl methyl sites for hydroxylation is 1. The first-order valence-corrected chi connectivity index (χ1v) is 12.3. The lowest BCUT2D eigenvalue weighted by atomic mass is 10.2. The first-order chi connectivity index (χ1) is 20.0. The molecule has 0 aliphatic carbocycles. The van der Waals surface area contributed by atoms with Gasteiger partial charge in [-0.15, -0.1) is 0 Å². The Morgan fingerprint density at radius 3 is 1.87 bits per heavy atom. The van der Waals surface area contributed by atoms with E-state index in [4.69, 9.17) is 8.85 Å². The molecule has 0 aliphatic rings. The molecule has 5 aromatic carbocycles. The van der Waals surface area contributed by atoms with Crippen molar-refractivity contribution in [2.75, 3.05) is 0 Å². The number of hydrogen-bond donors (Lipinski definition) is 0. The number of fused-ring (bicyclic) bond motifs is 2. The van der Waals surface area contributed by atoms with Gasteiger partial charge in [-0.05, 0) is 42.5 Å². The van der Waals surface area contributed by atoms with E-state index in [1.54, 1.807) is 10.6 Å². The van der Waals surface area contributed by atoms with Crippen molar-refractivity contribution in [2.45, 2.75) is 0 Å². The van der Waals surface area contributed by atoms with Crippen LogP contribution in [0.2, 0.25) is 0 Å². The predicted molar refractivity (Wildman–Crippen MR) is 147 cm³/mol. The smallest absolute Gasteiger partial charge is 0.269 e. The second-order valence-electron chi connectivity index (χ2n) is 8.95. The fourth-order valence-corrected chi connectivity index (χ4v) is 4.78. The Morgan fingerprint density at radius 2 is 1.18 bits per heavy atom. The van der Waals surface area contributed by atoms with Gasteiger partial charge in [0, 0.05) is 0 Å². The van der Waals surface area contributed by atoms with Gasteiger partial charge in [0.1, 0.15) is 11.5 Å². The van der Waals surface area contributed by atoms with Crippen molar-refractivity contribution in [1.82, 2.24) is 9.13 Å². The van der Waals surface area contributed by atoms with E-state index in [1.165, 1.54) is 4.57 Å². The molecule has 0 aliphatic heterocycles. The number of aromatic nitrogens is 4. The van der Waals surface area contributed by atoms with E-state index in [0.717, 1.165) is 33.6 Å². The quantitative estimate of drug-likeness (QED) is 0.210. The zero-order valence-electron chi connectivity index (χ0n) is 23.3. The van der Waals surface area contributed by atoms with Crippen LogP contribution in [-0.2, 0) is 6.98 Å². The third-order valence-electron chi connectivity index (χ3n) is 6.53. The summed E-state index contributed by atoms with van der Waals surface area (Å²) >= 11 is 0. The lowest BCUT2D eigenvalue weighted by Gasteiger charge is -2.11. The molecule has 0 saturated carbocycles. The zero-order valence-corrected chi connectivity index (χ0v) is 20.3. The lowest BCUT2D eigenvalue weighted by Crippen LogP contribution is -2.29. The molecule has 0 amide bonds. The molecule has 7 rings (SSSR count). The van der Waals surface area contributed by atoms with Gasteiger partial charge in [0.15, 0.2) is 0 Å². The molecule has 0 saturated heterocycles. The van der Waals surface area contributed by atoms with Gasteiger partial charge in [-0.3, -0.25) is 9.13 Å². The van der Waals surface area contributed by atoms with Crippen LogP contribution in [0.25, 0.3) is 39.1 Å². The van der Waals surface area contributed by atoms with Gasteiger partial charge < -0.3 is 13.9 Å². The lowest BCUT2D eigenvalue weighted by molar-refractivity contribution is -0.649. The topological polar surface area (TPSA) is 26.8 Å². The molecule has 0 atom stereocenters. The minimum Gasteiger partial charge on any atom is -0.459 e. The van der Waals surface area contributed by atoms with Crippen molar-refractivity contribution in [3.05, 3.63) is 140 Å². The summed E-state index contributed by atoms with van der Waals surface area (Å²) in [5.74, 6) is 1.28. The van der Waals surface area contributed by atoms with Crippen molar-refractivity contribution in [2.24, 2.45) is 6.98 Å². The van der Waals surface area contributed by atoms with Gasteiger partial charge >= 0.3 is 0 Å². The largest absolute Gasteiger partial charge is 0.459 e. The molecule has 2 heterocycles. The van der Waals surface area contributed by atoms with E-state index >= 15 is 0 Å². The molecule has 0 unspecified atom stereocenters. The van der Waals surface area contributed by atoms with E-state index in [2.05, 4.69) is 41.5 Å². The van der Waals surface area contributed by atoms with Gasteiger partial charge in [-0.1, -0.05) is 84.9 Å². The number of ether oxygens (including phenoxy) is 1. The van der Waals surface area contributed by atoms with Crippen LogP contribution in [0, 0.1) is 12.7 Å². The minimum atomic E-state index is -2.35. The Bertz CT molecular complexity index is 2030. The first-order valence-electron chi connectivity index (χ1n) is 13.8. The second kappa shape index (κ2) is 9.05. The van der Waals surface area contributed by atoms with Crippen molar-refractivity contribution in [3.63, 3.8) is 0 Å². The Hall–Kier alpha value is -5.16. The number of benzene rings is 5. The Morgan fingerprint density at radius 1 is 0.605 bits per heavy atom. The SMILES string of the molecule is [2H]C([2H])([2H])[n+]1[c-]n(-c2cccc(Oc3cccc(-n4[c-][n+](-c5ccccc5)c5ccccc54)c3)c2)c2ccccc21. The fraction of sp³-hybridized carbons (Fsp3) is 0.0303. The molecule has 0 N–H and O–H groups in total. The van der Waals surface area contributed by atoms with Crippen molar-refractivity contribution < 1.29 is 18.0 Å². The van der Waals surface area contributed by atoms with Crippen LogP contribution >= 0.6 is 0 Å². The molecular formula is C33H24N4O. The summed E-state index contributed by atoms with van der Waals surface area (Å²) in [6.45, 7) is -2.35. The molecule has 0 radical (unpaired) electrons. The van der Waals surface area contributed by atoms with Crippen LogP contribution in [0.1, 0.15) is 4.11 Å². The summed E-state index contributed by atoms with van der Waals surface area (Å²) in [6, 6.07) is 41.1. The molecule has 2 aromatic heterocycles. The molecule has 5 heteroatoms. The molecule has 0 fully saturated rings. The Balaban J connectivity index is 1.25. The van der Waals surface area contributed by atoms with Crippen molar-refractivity contribution in [1.29, 1.82) is 0 Å². The van der Waals surface area contributed by atoms with E-state index in [-0.39, 0.29) is 0 Å². The molecule has 5 nitrogen and oxygen atoms in total. The van der Waals surface area contributed by atoms with Crippen molar-refractivity contribution in [3.8, 4) is 28.6 Å². The average Bonchev–Trinajstić information content (AvgIpc) is 3.58.